The Balaban J connectivity index is 1.32. The molecule has 4 rings (SSSR count). The molecule has 2 aliphatic rings. The maximum absolute atomic E-state index is 13.1. The number of benzene rings is 1. The minimum Gasteiger partial charge on any atom is -0.494 e. The molecule has 3 heterocycles. The van der Waals surface area contributed by atoms with Crippen molar-refractivity contribution in [2.24, 2.45) is 0 Å². The second kappa shape index (κ2) is 10.7. The third-order valence-electron chi connectivity index (χ3n) is 6.63. The van der Waals surface area contributed by atoms with E-state index in [-0.39, 0.29) is 24.3 Å². The number of pyridine rings is 1. The number of hydrogen-bond donors (Lipinski definition) is 0. The molecule has 2 aliphatic heterocycles. The number of rotatable bonds is 9. The molecule has 1 aromatic heterocycles. The molecule has 0 saturated carbocycles. The van der Waals surface area contributed by atoms with Crippen molar-refractivity contribution in [1.82, 2.24) is 9.88 Å². The van der Waals surface area contributed by atoms with E-state index in [0.29, 0.717) is 18.2 Å². The van der Waals surface area contributed by atoms with Crippen LogP contribution in [0.25, 0.3) is 0 Å². The highest BCUT2D eigenvalue weighted by Crippen LogP contribution is 2.32. The first kappa shape index (κ1) is 22.5. The monoisotopic (exact) mass is 435 g/mol. The van der Waals surface area contributed by atoms with Crippen LogP contribution in [0.5, 0.6) is 5.75 Å². The Labute approximate surface area is 190 Å². The number of amides is 2. The van der Waals surface area contributed by atoms with Crippen LogP contribution in [0.1, 0.15) is 63.4 Å². The Morgan fingerprint density at radius 2 is 1.69 bits per heavy atom. The third kappa shape index (κ3) is 5.18. The molecule has 0 radical (unpaired) electrons. The predicted molar refractivity (Wildman–Crippen MR) is 125 cm³/mol. The lowest BCUT2D eigenvalue weighted by molar-refractivity contribution is -0.123. The molecule has 2 saturated heterocycles. The van der Waals surface area contributed by atoms with Gasteiger partial charge in [0, 0.05) is 12.4 Å². The van der Waals surface area contributed by atoms with E-state index in [2.05, 4.69) is 28.9 Å². The van der Waals surface area contributed by atoms with Crippen LogP contribution in [0, 0.1) is 0 Å². The van der Waals surface area contributed by atoms with E-state index in [1.807, 2.05) is 36.7 Å². The predicted octanol–water partition coefficient (Wildman–Crippen LogP) is 4.55. The van der Waals surface area contributed by atoms with Crippen LogP contribution in [0.4, 0.5) is 5.69 Å². The first-order chi connectivity index (χ1) is 15.7. The summed E-state index contributed by atoms with van der Waals surface area (Å²) in [6, 6.07) is 11.1. The average molecular weight is 436 g/mol. The number of ether oxygens (including phenoxy) is 1. The van der Waals surface area contributed by atoms with E-state index >= 15 is 0 Å². The summed E-state index contributed by atoms with van der Waals surface area (Å²) in [6.45, 7) is 4.54. The molecule has 1 atom stereocenters. The molecule has 0 N–H and O–H groups in total. The summed E-state index contributed by atoms with van der Waals surface area (Å²) in [5.41, 5.74) is 1.94. The first-order valence-corrected chi connectivity index (χ1v) is 11.9. The van der Waals surface area contributed by atoms with Crippen LogP contribution in [0.15, 0.2) is 48.8 Å². The van der Waals surface area contributed by atoms with Gasteiger partial charge in [0.15, 0.2) is 0 Å². The summed E-state index contributed by atoms with van der Waals surface area (Å²) >= 11 is 0. The molecule has 0 bridgehead atoms. The van der Waals surface area contributed by atoms with Gasteiger partial charge in [0.05, 0.1) is 24.8 Å². The summed E-state index contributed by atoms with van der Waals surface area (Å²) in [5, 5.41) is 0. The second-order valence-electron chi connectivity index (χ2n) is 8.78. The maximum Gasteiger partial charge on any atom is 0.251 e. The zero-order valence-electron chi connectivity index (χ0n) is 18.9. The van der Waals surface area contributed by atoms with Gasteiger partial charge in [-0.2, -0.15) is 0 Å². The largest absolute Gasteiger partial charge is 0.494 e. The van der Waals surface area contributed by atoms with Crippen LogP contribution in [-0.4, -0.2) is 47.4 Å². The Morgan fingerprint density at radius 1 is 0.969 bits per heavy atom. The van der Waals surface area contributed by atoms with Crippen LogP contribution in [-0.2, 0) is 9.59 Å². The minimum absolute atomic E-state index is 0.106. The van der Waals surface area contributed by atoms with Crippen molar-refractivity contribution in [2.45, 2.75) is 63.8 Å². The number of unbranched alkanes of at least 4 members (excludes halogenated alkanes) is 3. The fourth-order valence-electron chi connectivity index (χ4n) is 4.76. The number of carbonyl (C=O) groups is 2. The van der Waals surface area contributed by atoms with E-state index in [9.17, 15) is 9.59 Å². The van der Waals surface area contributed by atoms with Gasteiger partial charge in [-0.3, -0.25) is 19.5 Å². The molecule has 1 aromatic carbocycles. The van der Waals surface area contributed by atoms with Gasteiger partial charge in [0.25, 0.3) is 5.91 Å². The normalized spacial score (nSPS) is 20.2. The zero-order valence-corrected chi connectivity index (χ0v) is 18.9. The van der Waals surface area contributed by atoms with Gasteiger partial charge in [-0.1, -0.05) is 26.2 Å². The van der Waals surface area contributed by atoms with Gasteiger partial charge in [0.1, 0.15) is 5.75 Å². The summed E-state index contributed by atoms with van der Waals surface area (Å²) in [5.74, 6) is 1.04. The van der Waals surface area contributed by atoms with Gasteiger partial charge in [-0.05, 0) is 80.2 Å². The fourth-order valence-corrected chi connectivity index (χ4v) is 4.76. The lowest BCUT2D eigenvalue weighted by Gasteiger charge is -2.34. The van der Waals surface area contributed by atoms with E-state index in [0.717, 1.165) is 38.1 Å². The highest BCUT2D eigenvalue weighted by Gasteiger charge is 2.43. The molecule has 0 spiro atoms. The quantitative estimate of drug-likeness (QED) is 0.427. The Kier molecular flexibility index (Phi) is 7.53. The fraction of sp³-hybridized carbons (Fsp3) is 0.500. The Bertz CT molecular complexity index is 892. The first-order valence-electron chi connectivity index (χ1n) is 11.9. The number of likely N-dealkylation sites (tertiary alicyclic amines) is 1. The van der Waals surface area contributed by atoms with E-state index < -0.39 is 0 Å². The molecule has 6 nitrogen and oxygen atoms in total. The molecular formula is C26H33N3O3. The maximum atomic E-state index is 13.1. The Hall–Kier alpha value is -2.73. The molecule has 0 aliphatic carbocycles. The number of nitrogens with zero attached hydrogens (tertiary/aromatic N) is 3. The van der Waals surface area contributed by atoms with E-state index in [1.165, 1.54) is 29.7 Å². The summed E-state index contributed by atoms with van der Waals surface area (Å²) in [7, 11) is 0. The SMILES string of the molecule is CCCCCCOc1ccc(N2C(=O)C[C@H](N3CCC(c4ccncc4)CC3)C2=O)cc1. The molecule has 2 amide bonds. The van der Waals surface area contributed by atoms with Crippen molar-refractivity contribution >= 4 is 17.5 Å². The van der Waals surface area contributed by atoms with Crippen molar-refractivity contribution in [1.29, 1.82) is 0 Å². The van der Waals surface area contributed by atoms with E-state index in [4.69, 9.17) is 4.74 Å². The second-order valence-corrected chi connectivity index (χ2v) is 8.78. The molecule has 6 heteroatoms. The Morgan fingerprint density at radius 3 is 2.38 bits per heavy atom. The highest BCUT2D eigenvalue weighted by molar-refractivity contribution is 6.22. The molecule has 32 heavy (non-hydrogen) atoms. The van der Waals surface area contributed by atoms with Crippen LogP contribution >= 0.6 is 0 Å². The molecular weight excluding hydrogens is 402 g/mol. The number of aromatic nitrogens is 1. The van der Waals surface area contributed by atoms with Crippen molar-refractivity contribution in [2.75, 3.05) is 24.6 Å². The van der Waals surface area contributed by atoms with E-state index in [1.54, 1.807) is 0 Å². The lowest BCUT2D eigenvalue weighted by atomic mass is 9.89. The van der Waals surface area contributed by atoms with Crippen LogP contribution in [0.3, 0.4) is 0 Å². The topological polar surface area (TPSA) is 62.7 Å². The summed E-state index contributed by atoms with van der Waals surface area (Å²) in [4.78, 5) is 33.5. The van der Waals surface area contributed by atoms with Gasteiger partial charge in [-0.25, -0.2) is 4.90 Å². The smallest absolute Gasteiger partial charge is 0.251 e. The number of anilines is 1. The van der Waals surface area contributed by atoms with Gasteiger partial charge >= 0.3 is 0 Å². The average Bonchev–Trinajstić information content (AvgIpc) is 3.14. The number of imide groups is 1. The van der Waals surface area contributed by atoms with Crippen molar-refractivity contribution in [3.05, 3.63) is 54.4 Å². The molecule has 170 valence electrons. The number of carbonyl (C=O) groups excluding carboxylic acids is 2. The van der Waals surface area contributed by atoms with Crippen LogP contribution in [0.2, 0.25) is 0 Å². The molecule has 2 aromatic rings. The van der Waals surface area contributed by atoms with Crippen molar-refractivity contribution in [3.63, 3.8) is 0 Å². The van der Waals surface area contributed by atoms with Gasteiger partial charge < -0.3 is 4.74 Å². The lowest BCUT2D eigenvalue weighted by Crippen LogP contribution is -2.45. The number of hydrogen-bond acceptors (Lipinski definition) is 5. The van der Waals surface area contributed by atoms with Crippen molar-refractivity contribution in [3.8, 4) is 5.75 Å². The van der Waals surface area contributed by atoms with Crippen molar-refractivity contribution < 1.29 is 14.3 Å². The zero-order chi connectivity index (χ0) is 22.3. The third-order valence-corrected chi connectivity index (χ3v) is 6.63. The number of piperidine rings is 1. The molecule has 0 unspecified atom stereocenters. The van der Waals surface area contributed by atoms with Crippen LogP contribution < -0.4 is 9.64 Å². The van der Waals surface area contributed by atoms with Gasteiger partial charge in [-0.15, -0.1) is 0 Å². The van der Waals surface area contributed by atoms with Gasteiger partial charge in [0.2, 0.25) is 5.91 Å². The summed E-state index contributed by atoms with van der Waals surface area (Å²) in [6.07, 6.45) is 10.6. The standard InChI is InChI=1S/C26H33N3O3/c1-2-3-4-5-18-32-23-8-6-22(7-9-23)29-25(30)19-24(26(29)31)28-16-12-21(13-17-28)20-10-14-27-15-11-20/h6-11,14-15,21,24H,2-5,12-13,16-19H2,1H3/t24-/m0/s1. The summed E-state index contributed by atoms with van der Waals surface area (Å²) < 4.78 is 5.79. The highest BCUT2D eigenvalue weighted by atomic mass is 16.5. The molecule has 2 fully saturated rings. The minimum atomic E-state index is -0.351.